The van der Waals surface area contributed by atoms with Gasteiger partial charge in [-0.15, -0.1) is 0 Å². The van der Waals surface area contributed by atoms with Crippen LogP contribution in [0.3, 0.4) is 0 Å². The molecule has 13 heavy (non-hydrogen) atoms. The molecule has 2 aromatic heterocycles. The van der Waals surface area contributed by atoms with Crippen molar-refractivity contribution in [3.05, 3.63) is 30.2 Å². The Balaban J connectivity index is 2.63. The Morgan fingerprint density at radius 1 is 1.46 bits per heavy atom. The molecule has 0 spiro atoms. The first-order chi connectivity index (χ1) is 6.33. The zero-order valence-electron chi connectivity index (χ0n) is 7.10. The number of hydrogen-bond donors (Lipinski definition) is 0. The van der Waals surface area contributed by atoms with Crippen molar-refractivity contribution in [2.45, 2.75) is 0 Å². The molecule has 0 aromatic carbocycles. The lowest BCUT2D eigenvalue weighted by molar-refractivity contribution is 0.111. The molecule has 4 heteroatoms. The van der Waals surface area contributed by atoms with Gasteiger partial charge in [0.2, 0.25) is 0 Å². The zero-order valence-corrected chi connectivity index (χ0v) is 7.10. The van der Waals surface area contributed by atoms with Crippen LogP contribution in [0.15, 0.2) is 24.5 Å². The number of rotatable bonds is 2. The van der Waals surface area contributed by atoms with Crippen LogP contribution < -0.4 is 4.74 Å². The van der Waals surface area contributed by atoms with E-state index in [4.69, 9.17) is 4.74 Å². The third kappa shape index (κ3) is 1.26. The number of methoxy groups -OCH3 is 1. The maximum absolute atomic E-state index is 10.4. The van der Waals surface area contributed by atoms with Gasteiger partial charge in [0.15, 0.2) is 6.29 Å². The van der Waals surface area contributed by atoms with Gasteiger partial charge in [0.25, 0.3) is 0 Å². The van der Waals surface area contributed by atoms with Gasteiger partial charge in [-0.25, -0.2) is 4.98 Å². The second-order valence-electron chi connectivity index (χ2n) is 2.62. The van der Waals surface area contributed by atoms with Crippen molar-refractivity contribution < 1.29 is 9.53 Å². The molecule has 0 N–H and O–H groups in total. The van der Waals surface area contributed by atoms with Crippen LogP contribution in [0.4, 0.5) is 0 Å². The maximum Gasteiger partial charge on any atom is 0.170 e. The zero-order chi connectivity index (χ0) is 9.26. The van der Waals surface area contributed by atoms with Crippen LogP contribution in [-0.4, -0.2) is 22.8 Å². The topological polar surface area (TPSA) is 43.6 Å². The Kier molecular flexibility index (Phi) is 1.73. The Labute approximate surface area is 74.8 Å². The molecule has 2 rings (SSSR count). The lowest BCUT2D eigenvalue weighted by Crippen LogP contribution is -1.86. The molecule has 0 aliphatic heterocycles. The monoisotopic (exact) mass is 176 g/mol. The third-order valence-electron chi connectivity index (χ3n) is 1.80. The average Bonchev–Trinajstić information content (AvgIpc) is 2.58. The van der Waals surface area contributed by atoms with Gasteiger partial charge >= 0.3 is 0 Å². The van der Waals surface area contributed by atoms with E-state index in [0.29, 0.717) is 5.69 Å². The number of carbonyl (C=O) groups is 1. The van der Waals surface area contributed by atoms with Crippen LogP contribution in [0.2, 0.25) is 0 Å². The molecular formula is C9H8N2O2. The number of pyridine rings is 1. The number of aromatic nitrogens is 2. The summed E-state index contributed by atoms with van der Waals surface area (Å²) in [6, 6.07) is 3.60. The van der Waals surface area contributed by atoms with E-state index in [1.165, 1.54) is 0 Å². The van der Waals surface area contributed by atoms with Crippen molar-refractivity contribution >= 4 is 11.9 Å². The predicted octanol–water partition coefficient (Wildman–Crippen LogP) is 1.16. The smallest absolute Gasteiger partial charge is 0.170 e. The lowest BCUT2D eigenvalue weighted by atomic mass is 10.4. The van der Waals surface area contributed by atoms with Gasteiger partial charge in [0.05, 0.1) is 13.3 Å². The molecule has 2 aromatic rings. The first-order valence-electron chi connectivity index (χ1n) is 3.81. The number of carbonyl (C=O) groups excluding carboxylic acids is 1. The number of ether oxygens (including phenoxy) is 1. The fourth-order valence-corrected chi connectivity index (χ4v) is 1.17. The largest absolute Gasteiger partial charge is 0.495 e. The standard InChI is InChI=1S/C9H8N2O2/c1-13-8-2-3-9-10-7(6-12)4-11(9)5-8/h2-6H,1H3. The molecule has 4 nitrogen and oxygen atoms in total. The van der Waals surface area contributed by atoms with E-state index in [0.717, 1.165) is 17.7 Å². The van der Waals surface area contributed by atoms with Crippen LogP contribution in [0.5, 0.6) is 5.75 Å². The molecule has 66 valence electrons. The summed E-state index contributed by atoms with van der Waals surface area (Å²) in [7, 11) is 1.60. The summed E-state index contributed by atoms with van der Waals surface area (Å²) in [4.78, 5) is 14.5. The van der Waals surface area contributed by atoms with E-state index < -0.39 is 0 Å². The van der Waals surface area contributed by atoms with Gasteiger partial charge < -0.3 is 9.14 Å². The summed E-state index contributed by atoms with van der Waals surface area (Å²) in [6.07, 6.45) is 4.15. The summed E-state index contributed by atoms with van der Waals surface area (Å²) >= 11 is 0. The van der Waals surface area contributed by atoms with Crippen molar-refractivity contribution in [3.8, 4) is 5.75 Å². The summed E-state index contributed by atoms with van der Waals surface area (Å²) in [5.74, 6) is 0.738. The first-order valence-corrected chi connectivity index (χ1v) is 3.81. The summed E-state index contributed by atoms with van der Waals surface area (Å²) < 4.78 is 6.78. The summed E-state index contributed by atoms with van der Waals surface area (Å²) in [6.45, 7) is 0. The minimum absolute atomic E-state index is 0.424. The highest BCUT2D eigenvalue weighted by Gasteiger charge is 2.00. The lowest BCUT2D eigenvalue weighted by Gasteiger charge is -1.98. The van der Waals surface area contributed by atoms with E-state index in [-0.39, 0.29) is 0 Å². The first kappa shape index (κ1) is 7.79. The molecule has 0 saturated heterocycles. The second-order valence-corrected chi connectivity index (χ2v) is 2.62. The van der Waals surface area contributed by atoms with E-state index >= 15 is 0 Å². The molecule has 0 aliphatic carbocycles. The SMILES string of the molecule is COc1ccc2nc(C=O)cn2c1. The van der Waals surface area contributed by atoms with Crippen molar-refractivity contribution in [3.63, 3.8) is 0 Å². The molecule has 0 amide bonds. The number of nitrogens with zero attached hydrogens (tertiary/aromatic N) is 2. The van der Waals surface area contributed by atoms with Crippen LogP contribution in [0.1, 0.15) is 10.5 Å². The number of imidazole rings is 1. The molecule has 0 unspecified atom stereocenters. The molecule has 2 heterocycles. The Hall–Kier alpha value is -1.84. The van der Waals surface area contributed by atoms with Gasteiger partial charge in [-0.2, -0.15) is 0 Å². The van der Waals surface area contributed by atoms with E-state index in [9.17, 15) is 4.79 Å². The van der Waals surface area contributed by atoms with Crippen molar-refractivity contribution in [1.82, 2.24) is 9.38 Å². The number of hydrogen-bond acceptors (Lipinski definition) is 3. The Morgan fingerprint density at radius 3 is 3.00 bits per heavy atom. The van der Waals surface area contributed by atoms with Gasteiger partial charge in [-0.3, -0.25) is 4.79 Å². The molecular weight excluding hydrogens is 168 g/mol. The highest BCUT2D eigenvalue weighted by atomic mass is 16.5. The third-order valence-corrected chi connectivity index (χ3v) is 1.80. The molecule has 0 bridgehead atoms. The molecule has 0 aliphatic rings. The average molecular weight is 176 g/mol. The van der Waals surface area contributed by atoms with Gasteiger partial charge in [-0.1, -0.05) is 0 Å². The van der Waals surface area contributed by atoms with Gasteiger partial charge in [0.1, 0.15) is 17.1 Å². The fourth-order valence-electron chi connectivity index (χ4n) is 1.17. The minimum Gasteiger partial charge on any atom is -0.495 e. The minimum atomic E-state index is 0.424. The maximum atomic E-state index is 10.4. The van der Waals surface area contributed by atoms with E-state index in [1.54, 1.807) is 36.0 Å². The van der Waals surface area contributed by atoms with Crippen molar-refractivity contribution in [1.29, 1.82) is 0 Å². The van der Waals surface area contributed by atoms with Crippen LogP contribution in [0, 0.1) is 0 Å². The van der Waals surface area contributed by atoms with Crippen molar-refractivity contribution in [2.24, 2.45) is 0 Å². The molecule has 0 fully saturated rings. The van der Waals surface area contributed by atoms with Crippen LogP contribution >= 0.6 is 0 Å². The predicted molar refractivity (Wildman–Crippen MR) is 47.1 cm³/mol. The Morgan fingerprint density at radius 2 is 2.31 bits per heavy atom. The van der Waals surface area contributed by atoms with E-state index in [1.807, 2.05) is 0 Å². The van der Waals surface area contributed by atoms with Gasteiger partial charge in [-0.05, 0) is 12.1 Å². The molecule has 0 atom stereocenters. The molecule has 0 saturated carbocycles. The van der Waals surface area contributed by atoms with E-state index in [2.05, 4.69) is 4.98 Å². The number of fused-ring (bicyclic) bond motifs is 1. The van der Waals surface area contributed by atoms with Crippen LogP contribution in [-0.2, 0) is 0 Å². The normalized spacial score (nSPS) is 10.2. The Bertz CT molecular complexity index is 448. The summed E-state index contributed by atoms with van der Waals surface area (Å²) in [5, 5.41) is 0. The fraction of sp³-hybridized carbons (Fsp3) is 0.111. The highest BCUT2D eigenvalue weighted by molar-refractivity contribution is 5.73. The number of aldehydes is 1. The summed E-state index contributed by atoms with van der Waals surface area (Å²) in [5.41, 5.74) is 1.16. The highest BCUT2D eigenvalue weighted by Crippen LogP contribution is 2.12. The van der Waals surface area contributed by atoms with Gasteiger partial charge in [0, 0.05) is 6.20 Å². The second kappa shape index (κ2) is 2.90. The van der Waals surface area contributed by atoms with Crippen LogP contribution in [0.25, 0.3) is 5.65 Å². The van der Waals surface area contributed by atoms with Crippen molar-refractivity contribution in [2.75, 3.05) is 7.11 Å². The quantitative estimate of drug-likeness (QED) is 0.645. The molecule has 0 radical (unpaired) electrons.